The van der Waals surface area contributed by atoms with Crippen molar-refractivity contribution in [1.82, 2.24) is 4.98 Å². The van der Waals surface area contributed by atoms with Crippen LogP contribution in [0, 0.1) is 0 Å². The van der Waals surface area contributed by atoms with Crippen LogP contribution in [-0.2, 0) is 0 Å². The molecule has 5 heteroatoms. The van der Waals surface area contributed by atoms with Gasteiger partial charge in [0.25, 0.3) is 5.91 Å². The molecule has 1 amide bonds. The number of carboxylic acid groups (broad SMARTS) is 1. The topological polar surface area (TPSA) is 70.5 Å². The third-order valence-corrected chi connectivity index (χ3v) is 2.71. The Balaban J connectivity index is 2.38. The molecule has 0 bridgehead atoms. The number of rotatable bonds is 3. The van der Waals surface area contributed by atoms with E-state index in [-0.39, 0.29) is 11.5 Å². The van der Waals surface area contributed by atoms with Crippen molar-refractivity contribution >= 4 is 17.6 Å². The minimum Gasteiger partial charge on any atom is -0.478 e. The van der Waals surface area contributed by atoms with Gasteiger partial charge in [-0.05, 0) is 24.3 Å². The number of benzene rings is 1. The second-order valence-electron chi connectivity index (χ2n) is 3.93. The van der Waals surface area contributed by atoms with E-state index >= 15 is 0 Å². The Morgan fingerprint density at radius 3 is 2.53 bits per heavy atom. The van der Waals surface area contributed by atoms with Crippen LogP contribution in [0.1, 0.15) is 20.7 Å². The lowest BCUT2D eigenvalue weighted by molar-refractivity contribution is 0.0697. The number of carbonyl (C=O) groups excluding carboxylic acids is 1. The van der Waals surface area contributed by atoms with Gasteiger partial charge in [0, 0.05) is 19.4 Å². The molecule has 0 saturated heterocycles. The molecule has 0 radical (unpaired) electrons. The maximum absolute atomic E-state index is 12.2. The van der Waals surface area contributed by atoms with E-state index in [4.69, 9.17) is 5.11 Å². The first-order chi connectivity index (χ1) is 9.11. The van der Waals surface area contributed by atoms with E-state index in [0.717, 1.165) is 0 Å². The van der Waals surface area contributed by atoms with E-state index in [9.17, 15) is 9.59 Å². The van der Waals surface area contributed by atoms with Crippen LogP contribution in [-0.4, -0.2) is 29.0 Å². The van der Waals surface area contributed by atoms with Crippen molar-refractivity contribution in [3.8, 4) is 0 Å². The van der Waals surface area contributed by atoms with E-state index in [1.54, 1.807) is 36.5 Å². The van der Waals surface area contributed by atoms with E-state index in [0.29, 0.717) is 11.3 Å². The molecular weight excluding hydrogens is 244 g/mol. The van der Waals surface area contributed by atoms with Gasteiger partial charge in [-0.25, -0.2) is 4.79 Å². The third-order valence-electron chi connectivity index (χ3n) is 2.71. The molecule has 0 aliphatic heterocycles. The molecule has 2 aromatic rings. The van der Waals surface area contributed by atoms with Crippen molar-refractivity contribution in [1.29, 1.82) is 0 Å². The molecule has 5 nitrogen and oxygen atoms in total. The van der Waals surface area contributed by atoms with Crippen molar-refractivity contribution in [2.75, 3.05) is 11.9 Å². The first-order valence-electron chi connectivity index (χ1n) is 5.61. The number of carbonyl (C=O) groups is 2. The van der Waals surface area contributed by atoms with Crippen molar-refractivity contribution in [2.45, 2.75) is 0 Å². The first kappa shape index (κ1) is 12.8. The molecule has 19 heavy (non-hydrogen) atoms. The molecule has 0 saturated carbocycles. The van der Waals surface area contributed by atoms with Gasteiger partial charge >= 0.3 is 5.97 Å². The van der Waals surface area contributed by atoms with Gasteiger partial charge in [0.05, 0.1) is 16.8 Å². The lowest BCUT2D eigenvalue weighted by Crippen LogP contribution is -2.27. The van der Waals surface area contributed by atoms with Gasteiger partial charge in [0.1, 0.15) is 0 Å². The summed E-state index contributed by atoms with van der Waals surface area (Å²) in [6, 6.07) is 9.66. The van der Waals surface area contributed by atoms with E-state index in [1.807, 2.05) is 0 Å². The van der Waals surface area contributed by atoms with Gasteiger partial charge in [-0.1, -0.05) is 12.1 Å². The molecule has 0 unspecified atom stereocenters. The second kappa shape index (κ2) is 5.30. The fourth-order valence-electron chi connectivity index (χ4n) is 1.74. The third kappa shape index (κ3) is 2.60. The smallest absolute Gasteiger partial charge is 0.337 e. The Labute approximate surface area is 110 Å². The summed E-state index contributed by atoms with van der Waals surface area (Å²) in [6.45, 7) is 0. The van der Waals surface area contributed by atoms with Crippen LogP contribution in [0.15, 0.2) is 48.8 Å². The predicted molar refractivity (Wildman–Crippen MR) is 70.4 cm³/mol. The summed E-state index contributed by atoms with van der Waals surface area (Å²) in [6.07, 6.45) is 3.02. The van der Waals surface area contributed by atoms with Crippen molar-refractivity contribution in [2.24, 2.45) is 0 Å². The maximum atomic E-state index is 12.2. The van der Waals surface area contributed by atoms with Gasteiger partial charge in [0.15, 0.2) is 0 Å². The number of amides is 1. The molecule has 1 aromatic heterocycles. The summed E-state index contributed by atoms with van der Waals surface area (Å²) < 4.78 is 0. The number of hydrogen-bond donors (Lipinski definition) is 1. The monoisotopic (exact) mass is 256 g/mol. The van der Waals surface area contributed by atoms with Gasteiger partial charge in [-0.15, -0.1) is 0 Å². The molecular formula is C14H12N2O3. The zero-order chi connectivity index (χ0) is 13.8. The van der Waals surface area contributed by atoms with Crippen LogP contribution in [0.25, 0.3) is 0 Å². The fourth-order valence-corrected chi connectivity index (χ4v) is 1.74. The Morgan fingerprint density at radius 1 is 1.16 bits per heavy atom. The molecule has 0 atom stereocenters. The van der Waals surface area contributed by atoms with Crippen LogP contribution in [0.3, 0.4) is 0 Å². The maximum Gasteiger partial charge on any atom is 0.337 e. The van der Waals surface area contributed by atoms with Gasteiger partial charge < -0.3 is 10.0 Å². The lowest BCUT2D eigenvalue weighted by atomic mass is 10.1. The highest BCUT2D eigenvalue weighted by Gasteiger charge is 2.18. The standard InChI is InChI=1S/C14H12N2O3/c1-16(13(17)10-5-4-8-15-9-10)12-7-3-2-6-11(12)14(18)19/h2-9H,1H3,(H,18,19). The average Bonchev–Trinajstić information content (AvgIpc) is 2.46. The minimum absolute atomic E-state index is 0.0854. The first-order valence-corrected chi connectivity index (χ1v) is 5.61. The van der Waals surface area contributed by atoms with Gasteiger partial charge in [0.2, 0.25) is 0 Å². The molecule has 96 valence electrons. The highest BCUT2D eigenvalue weighted by Crippen LogP contribution is 2.20. The Morgan fingerprint density at radius 2 is 1.89 bits per heavy atom. The normalized spacial score (nSPS) is 9.95. The summed E-state index contributed by atoms with van der Waals surface area (Å²) in [5, 5.41) is 9.12. The molecule has 1 heterocycles. The zero-order valence-corrected chi connectivity index (χ0v) is 10.3. The highest BCUT2D eigenvalue weighted by molar-refractivity contribution is 6.08. The number of anilines is 1. The summed E-state index contributed by atoms with van der Waals surface area (Å²) in [4.78, 5) is 28.5. The number of aromatic nitrogens is 1. The molecule has 1 aromatic carbocycles. The van der Waals surface area contributed by atoms with E-state index in [2.05, 4.69) is 4.98 Å². The lowest BCUT2D eigenvalue weighted by Gasteiger charge is -2.19. The molecule has 0 spiro atoms. The van der Waals surface area contributed by atoms with Crippen LogP contribution >= 0.6 is 0 Å². The van der Waals surface area contributed by atoms with Gasteiger partial charge in [-0.3, -0.25) is 9.78 Å². The van der Waals surface area contributed by atoms with Crippen LogP contribution in [0.2, 0.25) is 0 Å². The Kier molecular flexibility index (Phi) is 3.56. The Hall–Kier alpha value is -2.69. The molecule has 0 aliphatic carbocycles. The van der Waals surface area contributed by atoms with Crippen molar-refractivity contribution < 1.29 is 14.7 Å². The SMILES string of the molecule is CN(C(=O)c1cccnc1)c1ccccc1C(=O)O. The number of hydrogen-bond acceptors (Lipinski definition) is 3. The fraction of sp³-hybridized carbons (Fsp3) is 0.0714. The average molecular weight is 256 g/mol. The molecule has 0 aliphatic rings. The number of pyridine rings is 1. The number of para-hydroxylation sites is 1. The summed E-state index contributed by atoms with van der Waals surface area (Å²) in [5.74, 6) is -1.37. The molecule has 1 N–H and O–H groups in total. The largest absolute Gasteiger partial charge is 0.478 e. The van der Waals surface area contributed by atoms with Crippen LogP contribution in [0.4, 0.5) is 5.69 Å². The molecule has 0 fully saturated rings. The number of aromatic carboxylic acids is 1. The van der Waals surface area contributed by atoms with Crippen molar-refractivity contribution in [3.63, 3.8) is 0 Å². The van der Waals surface area contributed by atoms with E-state index in [1.165, 1.54) is 24.2 Å². The predicted octanol–water partition coefficient (Wildman–Crippen LogP) is 2.06. The Bertz CT molecular complexity index is 611. The van der Waals surface area contributed by atoms with Crippen LogP contribution < -0.4 is 4.90 Å². The highest BCUT2D eigenvalue weighted by atomic mass is 16.4. The van der Waals surface area contributed by atoms with E-state index < -0.39 is 5.97 Å². The van der Waals surface area contributed by atoms with Crippen molar-refractivity contribution in [3.05, 3.63) is 59.9 Å². The minimum atomic E-state index is -1.07. The quantitative estimate of drug-likeness (QED) is 0.912. The number of nitrogens with zero attached hydrogens (tertiary/aromatic N) is 2. The second-order valence-corrected chi connectivity index (χ2v) is 3.93. The summed E-state index contributed by atoms with van der Waals surface area (Å²) >= 11 is 0. The number of carboxylic acids is 1. The summed E-state index contributed by atoms with van der Waals surface area (Å²) in [5.41, 5.74) is 0.844. The summed E-state index contributed by atoms with van der Waals surface area (Å²) in [7, 11) is 1.54. The zero-order valence-electron chi connectivity index (χ0n) is 10.3. The van der Waals surface area contributed by atoms with Crippen LogP contribution in [0.5, 0.6) is 0 Å². The van der Waals surface area contributed by atoms with Gasteiger partial charge in [-0.2, -0.15) is 0 Å². The molecule has 2 rings (SSSR count).